The maximum atomic E-state index is 11.8. The molecule has 21 heavy (non-hydrogen) atoms. The van der Waals surface area contributed by atoms with Crippen LogP contribution >= 0.6 is 0 Å². The first-order valence-corrected chi connectivity index (χ1v) is 5.84. The van der Waals surface area contributed by atoms with Crippen LogP contribution in [0.15, 0.2) is 30.5 Å². The molecule has 0 bridgehead atoms. The van der Waals surface area contributed by atoms with E-state index in [9.17, 15) is 20.0 Å². The molecule has 9 heteroatoms. The van der Waals surface area contributed by atoms with Gasteiger partial charge < -0.3 is 15.2 Å². The van der Waals surface area contributed by atoms with Gasteiger partial charge in [-0.05, 0) is 12.1 Å². The number of nitro groups is 1. The minimum atomic E-state index is -0.643. The van der Waals surface area contributed by atoms with Crippen molar-refractivity contribution >= 4 is 17.3 Å². The maximum absolute atomic E-state index is 11.8. The van der Waals surface area contributed by atoms with Crippen LogP contribution in [0.3, 0.4) is 0 Å². The van der Waals surface area contributed by atoms with Gasteiger partial charge >= 0.3 is 11.6 Å². The summed E-state index contributed by atoms with van der Waals surface area (Å²) in [4.78, 5) is 21.9. The SMILES string of the molecule is COc1nn(CC(=O)Nc2cccc(O)c2)cc1[N+](=O)[O-]. The number of phenolic OH excluding ortho intramolecular Hbond substituents is 1. The Balaban J connectivity index is 2.07. The number of carbonyl (C=O) groups is 1. The topological polar surface area (TPSA) is 120 Å². The summed E-state index contributed by atoms with van der Waals surface area (Å²) in [6.07, 6.45) is 1.11. The number of nitrogens with one attached hydrogen (secondary N) is 1. The Hall–Kier alpha value is -3.10. The summed E-state index contributed by atoms with van der Waals surface area (Å²) in [6, 6.07) is 6.03. The number of carbonyl (C=O) groups excluding carboxylic acids is 1. The summed E-state index contributed by atoms with van der Waals surface area (Å²) in [5, 5.41) is 26.4. The van der Waals surface area contributed by atoms with E-state index >= 15 is 0 Å². The molecule has 0 aliphatic carbocycles. The number of hydrogen-bond acceptors (Lipinski definition) is 6. The van der Waals surface area contributed by atoms with E-state index in [-0.39, 0.29) is 23.9 Å². The minimum absolute atomic E-state index is 0.0178. The van der Waals surface area contributed by atoms with Crippen LogP contribution in [0.2, 0.25) is 0 Å². The molecule has 2 N–H and O–H groups in total. The molecule has 0 saturated heterocycles. The lowest BCUT2D eigenvalue weighted by Crippen LogP contribution is -2.19. The number of benzene rings is 1. The number of phenols is 1. The van der Waals surface area contributed by atoms with E-state index < -0.39 is 10.8 Å². The Morgan fingerprint density at radius 2 is 2.33 bits per heavy atom. The summed E-state index contributed by atoms with van der Waals surface area (Å²) in [5.74, 6) is -0.588. The molecule has 9 nitrogen and oxygen atoms in total. The molecule has 1 amide bonds. The Bertz CT molecular complexity index is 682. The van der Waals surface area contributed by atoms with E-state index in [0.717, 1.165) is 10.9 Å². The average molecular weight is 292 g/mol. The largest absolute Gasteiger partial charge is 0.508 e. The lowest BCUT2D eigenvalue weighted by molar-refractivity contribution is -0.385. The summed E-state index contributed by atoms with van der Waals surface area (Å²) in [6.45, 7) is -0.222. The van der Waals surface area contributed by atoms with Gasteiger partial charge in [-0.1, -0.05) is 6.07 Å². The van der Waals surface area contributed by atoms with Gasteiger partial charge in [0.15, 0.2) is 0 Å². The number of rotatable bonds is 5. The third-order valence-corrected chi connectivity index (χ3v) is 2.54. The van der Waals surface area contributed by atoms with Crippen molar-refractivity contribution in [3.05, 3.63) is 40.6 Å². The van der Waals surface area contributed by atoms with Crippen molar-refractivity contribution in [3.63, 3.8) is 0 Å². The van der Waals surface area contributed by atoms with Crippen molar-refractivity contribution < 1.29 is 19.6 Å². The van der Waals surface area contributed by atoms with E-state index in [0.29, 0.717) is 5.69 Å². The second-order valence-corrected chi connectivity index (χ2v) is 4.08. The van der Waals surface area contributed by atoms with Crippen molar-refractivity contribution in [1.82, 2.24) is 9.78 Å². The van der Waals surface area contributed by atoms with Crippen molar-refractivity contribution in [3.8, 4) is 11.6 Å². The van der Waals surface area contributed by atoms with E-state index in [1.807, 2.05) is 0 Å². The van der Waals surface area contributed by atoms with Crippen LogP contribution in [0.1, 0.15) is 0 Å². The summed E-state index contributed by atoms with van der Waals surface area (Å²) in [7, 11) is 1.26. The van der Waals surface area contributed by atoms with Crippen LogP contribution in [0.25, 0.3) is 0 Å². The van der Waals surface area contributed by atoms with Gasteiger partial charge in [0.1, 0.15) is 18.5 Å². The fourth-order valence-electron chi connectivity index (χ4n) is 1.68. The Morgan fingerprint density at radius 3 is 2.90 bits per heavy atom. The lowest BCUT2D eigenvalue weighted by atomic mass is 10.3. The second kappa shape index (κ2) is 5.90. The average Bonchev–Trinajstić information content (AvgIpc) is 2.81. The van der Waals surface area contributed by atoms with E-state index in [1.54, 1.807) is 12.1 Å². The summed E-state index contributed by atoms with van der Waals surface area (Å²) < 4.78 is 5.87. The molecule has 0 saturated carbocycles. The fourth-order valence-corrected chi connectivity index (χ4v) is 1.68. The monoisotopic (exact) mass is 292 g/mol. The summed E-state index contributed by atoms with van der Waals surface area (Å²) in [5.41, 5.74) is 0.0938. The molecule has 0 fully saturated rings. The van der Waals surface area contributed by atoms with Crippen LogP contribution < -0.4 is 10.1 Å². The predicted molar refractivity (Wildman–Crippen MR) is 72.2 cm³/mol. The highest BCUT2D eigenvalue weighted by molar-refractivity contribution is 5.90. The first-order valence-electron chi connectivity index (χ1n) is 5.84. The van der Waals surface area contributed by atoms with Crippen LogP contribution in [0, 0.1) is 10.1 Å². The number of aromatic nitrogens is 2. The van der Waals surface area contributed by atoms with Crippen LogP contribution in [0.5, 0.6) is 11.6 Å². The zero-order chi connectivity index (χ0) is 15.4. The standard InChI is InChI=1S/C12H12N4O5/c1-21-12-10(16(19)20)6-15(14-12)7-11(18)13-8-3-2-4-9(17)5-8/h2-6,17H,7H2,1H3,(H,13,18). The molecule has 0 unspecified atom stereocenters. The van der Waals surface area contributed by atoms with Gasteiger partial charge in [0, 0.05) is 11.8 Å². The number of anilines is 1. The van der Waals surface area contributed by atoms with E-state index in [2.05, 4.69) is 10.4 Å². The Labute approximate surface area is 118 Å². The van der Waals surface area contributed by atoms with Crippen molar-refractivity contribution in [2.75, 3.05) is 12.4 Å². The number of hydrogen-bond donors (Lipinski definition) is 2. The van der Waals surface area contributed by atoms with Gasteiger partial charge in [-0.2, -0.15) is 0 Å². The van der Waals surface area contributed by atoms with Gasteiger partial charge in [-0.15, -0.1) is 5.10 Å². The highest BCUT2D eigenvalue weighted by Gasteiger charge is 2.21. The molecule has 1 aromatic carbocycles. The molecule has 0 atom stereocenters. The molecular weight excluding hydrogens is 280 g/mol. The van der Waals surface area contributed by atoms with Crippen molar-refractivity contribution in [1.29, 1.82) is 0 Å². The molecule has 0 aliphatic rings. The third-order valence-electron chi connectivity index (χ3n) is 2.54. The zero-order valence-corrected chi connectivity index (χ0v) is 11.0. The minimum Gasteiger partial charge on any atom is -0.508 e. The van der Waals surface area contributed by atoms with Gasteiger partial charge in [0.05, 0.1) is 12.0 Å². The van der Waals surface area contributed by atoms with Gasteiger partial charge in [0.25, 0.3) is 0 Å². The van der Waals surface area contributed by atoms with Gasteiger partial charge in [-0.3, -0.25) is 19.6 Å². The van der Waals surface area contributed by atoms with Crippen LogP contribution in [0.4, 0.5) is 11.4 Å². The second-order valence-electron chi connectivity index (χ2n) is 4.08. The van der Waals surface area contributed by atoms with Crippen LogP contribution in [-0.2, 0) is 11.3 Å². The predicted octanol–water partition coefficient (Wildman–Crippen LogP) is 1.14. The lowest BCUT2D eigenvalue weighted by Gasteiger charge is -2.05. The smallest absolute Gasteiger partial charge is 0.350 e. The van der Waals surface area contributed by atoms with Crippen LogP contribution in [-0.4, -0.2) is 32.8 Å². The number of aromatic hydroxyl groups is 1. The first-order chi connectivity index (χ1) is 9.99. The fraction of sp³-hybridized carbons (Fsp3) is 0.167. The summed E-state index contributed by atoms with van der Waals surface area (Å²) >= 11 is 0. The maximum Gasteiger partial charge on any atom is 0.350 e. The molecule has 1 aromatic heterocycles. The highest BCUT2D eigenvalue weighted by atomic mass is 16.6. The molecule has 0 aliphatic heterocycles. The third kappa shape index (κ3) is 3.47. The van der Waals surface area contributed by atoms with Gasteiger partial charge in [-0.25, -0.2) is 0 Å². The molecular formula is C12H12N4O5. The molecule has 2 rings (SSSR count). The Morgan fingerprint density at radius 1 is 1.57 bits per heavy atom. The molecule has 0 spiro atoms. The quantitative estimate of drug-likeness (QED) is 0.630. The van der Waals surface area contributed by atoms with E-state index in [1.165, 1.54) is 19.2 Å². The van der Waals surface area contributed by atoms with Crippen molar-refractivity contribution in [2.45, 2.75) is 6.54 Å². The first kappa shape index (κ1) is 14.3. The number of methoxy groups -OCH3 is 1. The Kier molecular flexibility index (Phi) is 4.02. The van der Waals surface area contributed by atoms with E-state index in [4.69, 9.17) is 4.74 Å². The molecule has 2 aromatic rings. The highest BCUT2D eigenvalue weighted by Crippen LogP contribution is 2.24. The number of nitrogens with zero attached hydrogens (tertiary/aromatic N) is 3. The normalized spacial score (nSPS) is 10.1. The van der Waals surface area contributed by atoms with Gasteiger partial charge in [0.2, 0.25) is 5.91 Å². The number of amides is 1. The molecule has 0 radical (unpaired) electrons. The zero-order valence-electron chi connectivity index (χ0n) is 11.0. The molecule has 1 heterocycles. The molecule has 110 valence electrons. The van der Waals surface area contributed by atoms with Crippen molar-refractivity contribution in [2.24, 2.45) is 0 Å². The number of ether oxygens (including phenoxy) is 1.